The molecule has 1 unspecified atom stereocenters. The predicted octanol–water partition coefficient (Wildman–Crippen LogP) is 2.86. The highest BCUT2D eigenvalue weighted by Crippen LogP contribution is 2.28. The fourth-order valence-corrected chi connectivity index (χ4v) is 4.45. The SMILES string of the molecule is Cc1cccc(C#CCCC2CCB(C#N)CC2)c1CN(C=O)C1CCC(=O)NC1=O. The number of carbonyl (C=O) groups excluding carboxylic acids is 3. The third kappa shape index (κ3) is 5.98. The lowest BCUT2D eigenvalue weighted by Gasteiger charge is -2.30. The van der Waals surface area contributed by atoms with E-state index in [1.165, 1.54) is 4.90 Å². The molecule has 0 aliphatic carbocycles. The van der Waals surface area contributed by atoms with Crippen LogP contribution < -0.4 is 5.32 Å². The van der Waals surface area contributed by atoms with Gasteiger partial charge in [-0.3, -0.25) is 19.7 Å². The van der Waals surface area contributed by atoms with Crippen LogP contribution in [0.5, 0.6) is 0 Å². The molecule has 31 heavy (non-hydrogen) atoms. The number of nitrogens with zero attached hydrogens (tertiary/aromatic N) is 2. The third-order valence-electron chi connectivity index (χ3n) is 6.43. The van der Waals surface area contributed by atoms with Gasteiger partial charge in [0.05, 0.1) is 0 Å². The van der Waals surface area contributed by atoms with E-state index in [0.29, 0.717) is 18.7 Å². The summed E-state index contributed by atoms with van der Waals surface area (Å²) in [7, 11) is 0. The van der Waals surface area contributed by atoms with E-state index in [1.54, 1.807) is 0 Å². The Labute approximate surface area is 184 Å². The fourth-order valence-electron chi connectivity index (χ4n) is 4.45. The number of piperidine rings is 1. The first-order valence-corrected chi connectivity index (χ1v) is 11.0. The minimum atomic E-state index is -0.640. The van der Waals surface area contributed by atoms with E-state index in [0.717, 1.165) is 55.0 Å². The molecule has 3 amide bonds. The maximum atomic E-state index is 12.2. The van der Waals surface area contributed by atoms with Crippen LogP contribution in [-0.2, 0) is 20.9 Å². The number of amides is 3. The molecular formula is C24H28BN3O3. The first-order chi connectivity index (χ1) is 15.0. The van der Waals surface area contributed by atoms with Gasteiger partial charge in [-0.05, 0) is 42.9 Å². The molecule has 2 heterocycles. The van der Waals surface area contributed by atoms with Crippen molar-refractivity contribution in [2.75, 3.05) is 0 Å². The number of carbonyl (C=O) groups is 3. The lowest BCUT2D eigenvalue weighted by Crippen LogP contribution is -2.51. The number of hydrogen-bond donors (Lipinski definition) is 1. The maximum absolute atomic E-state index is 12.2. The van der Waals surface area contributed by atoms with E-state index < -0.39 is 11.9 Å². The van der Waals surface area contributed by atoms with Crippen LogP contribution in [0.25, 0.3) is 0 Å². The van der Waals surface area contributed by atoms with E-state index in [-0.39, 0.29) is 25.6 Å². The number of nitriles is 1. The first kappa shape index (κ1) is 22.6. The van der Waals surface area contributed by atoms with Gasteiger partial charge >= 0.3 is 0 Å². The summed E-state index contributed by atoms with van der Waals surface area (Å²) >= 11 is 0. The van der Waals surface area contributed by atoms with Crippen molar-refractivity contribution in [3.05, 3.63) is 34.9 Å². The average Bonchev–Trinajstić information content (AvgIpc) is 2.77. The fraction of sp³-hybridized carbons (Fsp3) is 0.500. The van der Waals surface area contributed by atoms with Crippen molar-refractivity contribution in [3.8, 4) is 17.8 Å². The van der Waals surface area contributed by atoms with Crippen LogP contribution >= 0.6 is 0 Å². The Hall–Kier alpha value is -3.06. The van der Waals surface area contributed by atoms with Crippen LogP contribution in [-0.4, -0.2) is 35.9 Å². The Morgan fingerprint density at radius 1 is 1.26 bits per heavy atom. The molecule has 2 fully saturated rings. The van der Waals surface area contributed by atoms with Crippen molar-refractivity contribution >= 4 is 24.9 Å². The normalized spacial score (nSPS) is 19.1. The molecule has 1 N–H and O–H groups in total. The van der Waals surface area contributed by atoms with E-state index in [4.69, 9.17) is 5.26 Å². The zero-order valence-electron chi connectivity index (χ0n) is 18.0. The molecule has 0 bridgehead atoms. The predicted molar refractivity (Wildman–Crippen MR) is 119 cm³/mol. The number of rotatable bonds is 6. The minimum Gasteiger partial charge on any atom is -0.329 e. The third-order valence-corrected chi connectivity index (χ3v) is 6.43. The average molecular weight is 417 g/mol. The molecule has 3 rings (SSSR count). The van der Waals surface area contributed by atoms with E-state index >= 15 is 0 Å². The lowest BCUT2D eigenvalue weighted by atomic mass is 9.41. The Bertz CT molecular complexity index is 936. The van der Waals surface area contributed by atoms with Gasteiger partial charge in [-0.1, -0.05) is 49.5 Å². The Morgan fingerprint density at radius 2 is 2.03 bits per heavy atom. The molecular weight excluding hydrogens is 389 g/mol. The van der Waals surface area contributed by atoms with E-state index in [9.17, 15) is 14.4 Å². The molecule has 160 valence electrons. The summed E-state index contributed by atoms with van der Waals surface area (Å²) < 4.78 is 0. The minimum absolute atomic E-state index is 0.224. The van der Waals surface area contributed by atoms with Crippen LogP contribution in [0.4, 0.5) is 0 Å². The second kappa shape index (κ2) is 10.8. The van der Waals surface area contributed by atoms with Gasteiger partial charge in [0.2, 0.25) is 18.2 Å². The molecule has 0 aromatic heterocycles. The standard InChI is InChI=1S/C24H28BN3O3/c1-18-5-4-8-20(7-3-2-6-19-11-13-25(16-26)14-12-19)21(18)15-28(17-29)22-9-10-23(30)27-24(22)31/h4-5,8,17,19,22H,2,6,9-15H2,1H3,(H,27,30,31). The Balaban J connectivity index is 1.64. The molecule has 2 aliphatic heterocycles. The molecule has 2 aliphatic rings. The monoisotopic (exact) mass is 417 g/mol. The number of imide groups is 1. The van der Waals surface area contributed by atoms with Gasteiger partial charge in [-0.15, -0.1) is 0 Å². The topological polar surface area (TPSA) is 90.3 Å². The number of aryl methyl sites for hydroxylation is 1. The number of benzene rings is 1. The molecule has 1 atom stereocenters. The highest BCUT2D eigenvalue weighted by molar-refractivity contribution is 6.67. The molecule has 0 saturated carbocycles. The summed E-state index contributed by atoms with van der Waals surface area (Å²) in [4.78, 5) is 36.8. The Morgan fingerprint density at radius 3 is 2.71 bits per heavy atom. The molecule has 2 saturated heterocycles. The molecule has 0 radical (unpaired) electrons. The second-order valence-corrected chi connectivity index (χ2v) is 8.53. The zero-order valence-corrected chi connectivity index (χ0v) is 18.0. The summed E-state index contributed by atoms with van der Waals surface area (Å²) in [6, 6.07) is 5.23. The zero-order chi connectivity index (χ0) is 22.2. The summed E-state index contributed by atoms with van der Waals surface area (Å²) in [5.41, 5.74) is 2.81. The molecule has 1 aromatic carbocycles. The lowest BCUT2D eigenvalue weighted by molar-refractivity contribution is -0.141. The van der Waals surface area contributed by atoms with Gasteiger partial charge in [-0.25, -0.2) is 5.26 Å². The van der Waals surface area contributed by atoms with Gasteiger partial charge < -0.3 is 4.90 Å². The highest BCUT2D eigenvalue weighted by atomic mass is 16.2. The molecule has 0 spiro atoms. The second-order valence-electron chi connectivity index (χ2n) is 8.53. The largest absolute Gasteiger partial charge is 0.329 e. The van der Waals surface area contributed by atoms with Crippen molar-refractivity contribution in [3.63, 3.8) is 0 Å². The summed E-state index contributed by atoms with van der Waals surface area (Å²) in [5.74, 6) is 8.85. The summed E-state index contributed by atoms with van der Waals surface area (Å²) in [6.07, 6.45) is 7.31. The maximum Gasteiger partial charge on any atom is 0.267 e. The van der Waals surface area contributed by atoms with Crippen LogP contribution in [0, 0.1) is 35.9 Å². The van der Waals surface area contributed by atoms with Gasteiger partial charge in [0.25, 0.3) is 6.71 Å². The van der Waals surface area contributed by atoms with E-state index in [1.807, 2.05) is 25.1 Å². The summed E-state index contributed by atoms with van der Waals surface area (Å²) in [5, 5.41) is 11.3. The van der Waals surface area contributed by atoms with Crippen molar-refractivity contribution in [1.82, 2.24) is 10.2 Å². The smallest absolute Gasteiger partial charge is 0.267 e. The number of nitrogens with one attached hydrogen (secondary N) is 1. The van der Waals surface area contributed by atoms with Crippen LogP contribution in [0.15, 0.2) is 18.2 Å². The van der Waals surface area contributed by atoms with Crippen LogP contribution in [0.2, 0.25) is 12.6 Å². The van der Waals surface area contributed by atoms with Crippen molar-refractivity contribution < 1.29 is 14.4 Å². The Kier molecular flexibility index (Phi) is 7.90. The van der Waals surface area contributed by atoms with E-state index in [2.05, 4.69) is 23.1 Å². The van der Waals surface area contributed by atoms with Gasteiger partial charge in [0.15, 0.2) is 0 Å². The van der Waals surface area contributed by atoms with Gasteiger partial charge in [0.1, 0.15) is 6.04 Å². The van der Waals surface area contributed by atoms with Gasteiger partial charge in [0, 0.05) is 30.9 Å². The quantitative estimate of drug-likeness (QED) is 0.334. The molecule has 1 aromatic rings. The number of hydrogen-bond acceptors (Lipinski definition) is 4. The van der Waals surface area contributed by atoms with Crippen molar-refractivity contribution in [2.45, 2.75) is 70.7 Å². The van der Waals surface area contributed by atoms with Crippen molar-refractivity contribution in [2.24, 2.45) is 5.92 Å². The molecule has 6 nitrogen and oxygen atoms in total. The molecule has 7 heteroatoms. The highest BCUT2D eigenvalue weighted by Gasteiger charge is 2.31. The van der Waals surface area contributed by atoms with Crippen molar-refractivity contribution in [1.29, 1.82) is 5.26 Å². The van der Waals surface area contributed by atoms with Gasteiger partial charge in [-0.2, -0.15) is 0 Å². The first-order valence-electron chi connectivity index (χ1n) is 11.0. The summed E-state index contributed by atoms with van der Waals surface area (Å²) in [6.45, 7) is 2.48. The van der Waals surface area contributed by atoms with Crippen LogP contribution in [0.3, 0.4) is 0 Å². The van der Waals surface area contributed by atoms with Crippen LogP contribution in [0.1, 0.15) is 55.2 Å².